The van der Waals surface area contributed by atoms with Crippen molar-refractivity contribution in [2.75, 3.05) is 19.7 Å². The highest BCUT2D eigenvalue weighted by atomic mass is 16.6. The van der Waals surface area contributed by atoms with Crippen LogP contribution >= 0.6 is 0 Å². The minimum atomic E-state index is 0.583. The smallest absolute Gasteiger partial charge is 0.0781 e. The van der Waals surface area contributed by atoms with Crippen molar-refractivity contribution in [1.29, 1.82) is 0 Å². The van der Waals surface area contributed by atoms with Gasteiger partial charge in [-0.2, -0.15) is 0 Å². The first-order valence-electron chi connectivity index (χ1n) is 5.78. The third-order valence-electron chi connectivity index (χ3n) is 3.06. The van der Waals surface area contributed by atoms with Gasteiger partial charge in [0.2, 0.25) is 0 Å². The van der Waals surface area contributed by atoms with Crippen molar-refractivity contribution in [3.63, 3.8) is 0 Å². The summed E-state index contributed by atoms with van der Waals surface area (Å²) >= 11 is 0. The molecule has 4 N–H and O–H groups in total. The molecule has 3 unspecified atom stereocenters. The molecule has 0 spiro atoms. The standard InChI is InChI=1S/C8H18N2.C3H6O/c9-5-7-2-1-3-8(4-7)6-10;1-3-2-4-3/h7-8H,1-6,9-10H2;3H,2H2,1H3. The van der Waals surface area contributed by atoms with Crippen LogP contribution in [0, 0.1) is 11.8 Å². The van der Waals surface area contributed by atoms with Crippen LogP contribution in [0.2, 0.25) is 0 Å². The molecule has 3 nitrogen and oxygen atoms in total. The van der Waals surface area contributed by atoms with Gasteiger partial charge in [0.25, 0.3) is 0 Å². The molecule has 0 bridgehead atoms. The van der Waals surface area contributed by atoms with Gasteiger partial charge in [0, 0.05) is 0 Å². The predicted octanol–water partition coefficient (Wildman–Crippen LogP) is 1.12. The SMILES string of the molecule is CC1CO1.NCC1CCCC(CN)C1. The normalized spacial score (nSPS) is 35.8. The lowest BCUT2D eigenvalue weighted by Crippen LogP contribution is -2.26. The van der Waals surface area contributed by atoms with E-state index in [0.29, 0.717) is 6.10 Å². The van der Waals surface area contributed by atoms with E-state index in [1.165, 1.54) is 25.7 Å². The van der Waals surface area contributed by atoms with Crippen molar-refractivity contribution >= 4 is 0 Å². The second-order valence-electron chi connectivity index (χ2n) is 4.51. The Kier molecular flexibility index (Phi) is 5.45. The molecule has 0 aromatic heterocycles. The predicted molar refractivity (Wildman–Crippen MR) is 59.0 cm³/mol. The minimum Gasteiger partial charge on any atom is -0.373 e. The molecule has 0 aromatic carbocycles. The molecular formula is C11H24N2O. The van der Waals surface area contributed by atoms with Crippen LogP contribution in [0.15, 0.2) is 0 Å². The zero-order valence-electron chi connectivity index (χ0n) is 9.24. The third kappa shape index (κ3) is 4.94. The second kappa shape index (κ2) is 6.38. The van der Waals surface area contributed by atoms with E-state index in [-0.39, 0.29) is 0 Å². The highest BCUT2D eigenvalue weighted by molar-refractivity contribution is 4.73. The van der Waals surface area contributed by atoms with Gasteiger partial charge in [0.15, 0.2) is 0 Å². The van der Waals surface area contributed by atoms with Crippen LogP contribution in [0.5, 0.6) is 0 Å². The molecule has 1 aliphatic carbocycles. The molecule has 3 heteroatoms. The molecule has 14 heavy (non-hydrogen) atoms. The van der Waals surface area contributed by atoms with E-state index in [0.717, 1.165) is 31.5 Å². The summed E-state index contributed by atoms with van der Waals surface area (Å²) in [6.45, 7) is 4.76. The van der Waals surface area contributed by atoms with Gasteiger partial charge in [-0.1, -0.05) is 6.42 Å². The lowest BCUT2D eigenvalue weighted by Gasteiger charge is -2.26. The number of hydrogen-bond donors (Lipinski definition) is 2. The van der Waals surface area contributed by atoms with Crippen LogP contribution < -0.4 is 11.5 Å². The largest absolute Gasteiger partial charge is 0.373 e. The number of hydrogen-bond acceptors (Lipinski definition) is 3. The first-order chi connectivity index (χ1) is 6.76. The van der Waals surface area contributed by atoms with Crippen molar-refractivity contribution in [3.05, 3.63) is 0 Å². The lowest BCUT2D eigenvalue weighted by atomic mass is 9.81. The topological polar surface area (TPSA) is 64.6 Å². The molecule has 3 atom stereocenters. The molecule has 0 radical (unpaired) electrons. The Morgan fingerprint density at radius 2 is 1.57 bits per heavy atom. The zero-order chi connectivity index (χ0) is 10.4. The Morgan fingerprint density at radius 1 is 1.14 bits per heavy atom. The van der Waals surface area contributed by atoms with E-state index >= 15 is 0 Å². The van der Waals surface area contributed by atoms with E-state index in [4.69, 9.17) is 16.2 Å². The van der Waals surface area contributed by atoms with E-state index < -0.39 is 0 Å². The molecule has 1 aliphatic heterocycles. The highest BCUT2D eigenvalue weighted by Crippen LogP contribution is 2.27. The lowest BCUT2D eigenvalue weighted by molar-refractivity contribution is 0.277. The molecule has 84 valence electrons. The van der Waals surface area contributed by atoms with Crippen LogP contribution in [0.3, 0.4) is 0 Å². The molecule has 2 rings (SSSR count). The molecule has 2 aliphatic rings. The van der Waals surface area contributed by atoms with Crippen molar-refractivity contribution in [1.82, 2.24) is 0 Å². The third-order valence-corrected chi connectivity index (χ3v) is 3.06. The van der Waals surface area contributed by atoms with E-state index in [1.807, 2.05) is 0 Å². The van der Waals surface area contributed by atoms with Crippen LogP contribution in [0.4, 0.5) is 0 Å². The fourth-order valence-corrected chi connectivity index (χ4v) is 1.93. The fourth-order valence-electron chi connectivity index (χ4n) is 1.93. The Morgan fingerprint density at radius 3 is 1.86 bits per heavy atom. The Balaban J connectivity index is 0.000000203. The number of nitrogens with two attached hydrogens (primary N) is 2. The Bertz CT molecular complexity index is 138. The molecule has 0 amide bonds. The maximum Gasteiger partial charge on any atom is 0.0781 e. The van der Waals surface area contributed by atoms with Crippen LogP contribution in [0.25, 0.3) is 0 Å². The summed E-state index contributed by atoms with van der Waals surface area (Å²) in [4.78, 5) is 0. The molecule has 1 saturated carbocycles. The van der Waals surface area contributed by atoms with E-state index in [9.17, 15) is 0 Å². The monoisotopic (exact) mass is 200 g/mol. The van der Waals surface area contributed by atoms with E-state index in [2.05, 4.69) is 6.92 Å². The van der Waals surface area contributed by atoms with Crippen LogP contribution in [0.1, 0.15) is 32.6 Å². The van der Waals surface area contributed by atoms with Crippen LogP contribution in [-0.2, 0) is 4.74 Å². The first-order valence-corrected chi connectivity index (χ1v) is 5.78. The fraction of sp³-hybridized carbons (Fsp3) is 1.00. The minimum absolute atomic E-state index is 0.583. The van der Waals surface area contributed by atoms with Gasteiger partial charge in [-0.05, 0) is 51.1 Å². The number of rotatable bonds is 2. The molecule has 2 fully saturated rings. The van der Waals surface area contributed by atoms with Gasteiger partial charge < -0.3 is 16.2 Å². The Hall–Kier alpha value is -0.120. The van der Waals surface area contributed by atoms with Gasteiger partial charge in [0.05, 0.1) is 12.7 Å². The van der Waals surface area contributed by atoms with Gasteiger partial charge in [0.1, 0.15) is 0 Å². The molecule has 0 aromatic rings. The van der Waals surface area contributed by atoms with Crippen molar-refractivity contribution in [2.24, 2.45) is 23.3 Å². The van der Waals surface area contributed by atoms with Crippen LogP contribution in [-0.4, -0.2) is 25.8 Å². The maximum atomic E-state index is 5.58. The first kappa shape index (κ1) is 12.0. The van der Waals surface area contributed by atoms with Crippen molar-refractivity contribution in [2.45, 2.75) is 38.7 Å². The summed E-state index contributed by atoms with van der Waals surface area (Å²) in [6, 6.07) is 0. The molecule has 1 heterocycles. The molecule has 1 saturated heterocycles. The van der Waals surface area contributed by atoms with Gasteiger partial charge in [-0.25, -0.2) is 0 Å². The van der Waals surface area contributed by atoms with Gasteiger partial charge in [-0.3, -0.25) is 0 Å². The summed E-state index contributed by atoms with van der Waals surface area (Å²) in [5.74, 6) is 1.53. The highest BCUT2D eigenvalue weighted by Gasteiger charge is 2.19. The zero-order valence-corrected chi connectivity index (χ0v) is 9.24. The van der Waals surface area contributed by atoms with Crippen molar-refractivity contribution < 1.29 is 4.74 Å². The summed E-state index contributed by atoms with van der Waals surface area (Å²) in [6.07, 6.45) is 5.84. The Labute approximate surface area is 87.2 Å². The number of epoxide rings is 1. The second-order valence-corrected chi connectivity index (χ2v) is 4.51. The van der Waals surface area contributed by atoms with Gasteiger partial charge >= 0.3 is 0 Å². The van der Waals surface area contributed by atoms with E-state index in [1.54, 1.807) is 0 Å². The summed E-state index contributed by atoms with van der Waals surface area (Å²) in [5.41, 5.74) is 11.2. The average molecular weight is 200 g/mol. The summed E-state index contributed by atoms with van der Waals surface area (Å²) in [5, 5.41) is 0. The maximum absolute atomic E-state index is 5.58. The quantitative estimate of drug-likeness (QED) is 0.656. The van der Waals surface area contributed by atoms with Gasteiger partial charge in [-0.15, -0.1) is 0 Å². The summed E-state index contributed by atoms with van der Waals surface area (Å²) in [7, 11) is 0. The van der Waals surface area contributed by atoms with Crippen molar-refractivity contribution in [3.8, 4) is 0 Å². The molecular weight excluding hydrogens is 176 g/mol. The number of ether oxygens (including phenoxy) is 1. The average Bonchev–Trinajstić information content (AvgIpc) is 3.01. The summed E-state index contributed by atoms with van der Waals surface area (Å²) < 4.78 is 4.71.